The van der Waals surface area contributed by atoms with Crippen LogP contribution >= 0.6 is 0 Å². The molecule has 14 aromatic rings. The lowest BCUT2D eigenvalue weighted by atomic mass is 10.0. The highest BCUT2D eigenvalue weighted by Gasteiger charge is 2.26. The number of aromatic nitrogens is 6. The van der Waals surface area contributed by atoms with Crippen LogP contribution in [0.15, 0.2) is 231 Å². The van der Waals surface area contributed by atoms with Gasteiger partial charge in [0, 0.05) is 48.8 Å². The Morgan fingerprint density at radius 2 is 0.731 bits per heavy atom. The molecule has 0 radical (unpaired) electrons. The monoisotopic (exact) mass is 854 g/mol. The molecule has 14 rings (SSSR count). The summed E-state index contributed by atoms with van der Waals surface area (Å²) in [5.41, 5.74) is 12.8. The van der Waals surface area contributed by atoms with Crippen LogP contribution in [0.4, 0.5) is 0 Å². The summed E-state index contributed by atoms with van der Waals surface area (Å²) < 4.78 is 7.19. The molecule has 0 fully saturated rings. The minimum absolute atomic E-state index is 0.536. The molecule has 0 aliphatic rings. The van der Waals surface area contributed by atoms with E-state index in [9.17, 15) is 0 Å². The molecule has 0 spiro atoms. The molecule has 6 nitrogen and oxygen atoms in total. The van der Waals surface area contributed by atoms with Gasteiger partial charge in [-0.25, -0.2) is 4.98 Å². The highest BCUT2D eigenvalue weighted by Crippen LogP contribution is 2.44. The molecule has 67 heavy (non-hydrogen) atoms. The summed E-state index contributed by atoms with van der Waals surface area (Å²) >= 11 is 0. The second kappa shape index (κ2) is 14.7. The normalized spacial score (nSPS) is 11.9. The molecule has 312 valence electrons. The Bertz CT molecular complexity index is 4200. The van der Waals surface area contributed by atoms with E-state index in [0.717, 1.165) is 77.5 Å². The zero-order valence-electron chi connectivity index (χ0n) is 36.1. The third-order valence-electron chi connectivity index (χ3n) is 13.5. The maximum atomic E-state index is 5.49. The van der Waals surface area contributed by atoms with Crippen molar-refractivity contribution in [3.8, 4) is 51.2 Å². The number of nitrogens with zero attached hydrogens (tertiary/aromatic N) is 6. The SMILES string of the molecule is c1ccc(-c2ccc(-c3nc(-c4ccccc4)nc(-n4c5cccc(-n6c7ccccc7c7ccccc76)c5c5cccc(-n6c7ccccc7c7ccc8ccccc8c76)c54)n3)cc2)cc1. The fraction of sp³-hybridized carbons (Fsp3) is 0. The summed E-state index contributed by atoms with van der Waals surface area (Å²) in [6, 6.07) is 82.1. The molecule has 0 saturated heterocycles. The lowest BCUT2D eigenvalue weighted by Crippen LogP contribution is -2.08. The molecule has 4 aromatic heterocycles. The summed E-state index contributed by atoms with van der Waals surface area (Å²) in [6.07, 6.45) is 0. The number of hydrogen-bond acceptors (Lipinski definition) is 3. The fourth-order valence-corrected chi connectivity index (χ4v) is 10.6. The zero-order chi connectivity index (χ0) is 44.0. The average Bonchev–Trinajstić information content (AvgIpc) is 4.05. The Morgan fingerprint density at radius 3 is 1.42 bits per heavy atom. The molecule has 10 aromatic carbocycles. The summed E-state index contributed by atoms with van der Waals surface area (Å²) in [5, 5.41) is 9.39. The first-order chi connectivity index (χ1) is 33.3. The lowest BCUT2D eigenvalue weighted by Gasteiger charge is -2.15. The zero-order valence-corrected chi connectivity index (χ0v) is 36.1. The van der Waals surface area contributed by atoms with Crippen LogP contribution in [0.3, 0.4) is 0 Å². The average molecular weight is 855 g/mol. The Labute approximate surface area is 384 Å². The Balaban J connectivity index is 1.14. The second-order valence-electron chi connectivity index (χ2n) is 17.2. The topological polar surface area (TPSA) is 53.5 Å². The molecule has 0 atom stereocenters. The highest BCUT2D eigenvalue weighted by molar-refractivity contribution is 6.22. The molecule has 4 heterocycles. The van der Waals surface area contributed by atoms with Gasteiger partial charge in [-0.1, -0.05) is 194 Å². The van der Waals surface area contributed by atoms with Gasteiger partial charge >= 0.3 is 0 Å². The van der Waals surface area contributed by atoms with Crippen molar-refractivity contribution in [2.24, 2.45) is 0 Å². The van der Waals surface area contributed by atoms with Gasteiger partial charge in [-0.15, -0.1) is 0 Å². The predicted octanol–water partition coefficient (Wildman–Crippen LogP) is 15.3. The summed E-state index contributed by atoms with van der Waals surface area (Å²) in [5.74, 6) is 1.73. The van der Waals surface area contributed by atoms with Crippen LogP contribution in [0.25, 0.3) is 127 Å². The quantitative estimate of drug-likeness (QED) is 0.167. The van der Waals surface area contributed by atoms with Gasteiger partial charge in [0.25, 0.3) is 0 Å². The van der Waals surface area contributed by atoms with E-state index < -0.39 is 0 Å². The maximum Gasteiger partial charge on any atom is 0.238 e. The van der Waals surface area contributed by atoms with Gasteiger partial charge in [-0.05, 0) is 52.9 Å². The molecule has 0 bridgehead atoms. The van der Waals surface area contributed by atoms with Crippen molar-refractivity contribution < 1.29 is 0 Å². The van der Waals surface area contributed by atoms with E-state index in [2.05, 4.69) is 220 Å². The number of hydrogen-bond donors (Lipinski definition) is 0. The van der Waals surface area contributed by atoms with Crippen LogP contribution in [-0.2, 0) is 0 Å². The standard InChI is InChI=1S/C61H38N6/c1-3-17-39(18-4-1)40-33-35-43(36-34-40)60-62-59(42-20-5-2-6-21-42)63-61(64-60)67-54-31-16-30-53(65-50-27-12-9-23-45(50)46-24-10-13-28-51(46)65)56(54)49-26-15-32-55(58(49)67)66-52-29-14-11-25-47(52)48-38-37-41-19-7-8-22-44(41)57(48)66/h1-38H. The van der Waals surface area contributed by atoms with Crippen LogP contribution in [0.5, 0.6) is 0 Å². The van der Waals surface area contributed by atoms with Crippen molar-refractivity contribution in [2.75, 3.05) is 0 Å². The first-order valence-corrected chi connectivity index (χ1v) is 22.7. The maximum absolute atomic E-state index is 5.49. The predicted molar refractivity (Wildman–Crippen MR) is 277 cm³/mol. The van der Waals surface area contributed by atoms with Crippen LogP contribution < -0.4 is 0 Å². The number of fused-ring (bicyclic) bond motifs is 11. The summed E-state index contributed by atoms with van der Waals surface area (Å²) in [7, 11) is 0. The number of rotatable bonds is 6. The van der Waals surface area contributed by atoms with Gasteiger partial charge < -0.3 is 9.13 Å². The third-order valence-corrected chi connectivity index (χ3v) is 13.5. The lowest BCUT2D eigenvalue weighted by molar-refractivity contribution is 0.950. The van der Waals surface area contributed by atoms with Gasteiger partial charge in [0.1, 0.15) is 0 Å². The first-order valence-electron chi connectivity index (χ1n) is 22.7. The van der Waals surface area contributed by atoms with Crippen LogP contribution in [0.2, 0.25) is 0 Å². The van der Waals surface area contributed by atoms with E-state index in [4.69, 9.17) is 15.0 Å². The fourth-order valence-electron chi connectivity index (χ4n) is 10.6. The molecule has 0 aliphatic carbocycles. The van der Waals surface area contributed by atoms with Crippen molar-refractivity contribution in [2.45, 2.75) is 0 Å². The van der Waals surface area contributed by atoms with Crippen molar-refractivity contribution >= 4 is 76.2 Å². The largest absolute Gasteiger partial charge is 0.309 e. The third kappa shape index (κ3) is 5.66. The van der Waals surface area contributed by atoms with Crippen LogP contribution in [0.1, 0.15) is 0 Å². The molecule has 0 unspecified atom stereocenters. The van der Waals surface area contributed by atoms with Crippen molar-refractivity contribution in [1.29, 1.82) is 0 Å². The van der Waals surface area contributed by atoms with Crippen molar-refractivity contribution in [3.05, 3.63) is 231 Å². The minimum Gasteiger partial charge on any atom is -0.309 e. The van der Waals surface area contributed by atoms with Crippen LogP contribution in [0, 0.1) is 0 Å². The second-order valence-corrected chi connectivity index (χ2v) is 17.2. The molecule has 6 heteroatoms. The van der Waals surface area contributed by atoms with Gasteiger partial charge in [0.15, 0.2) is 11.6 Å². The molecular formula is C61H38N6. The van der Waals surface area contributed by atoms with E-state index >= 15 is 0 Å². The number of benzene rings is 10. The first kappa shape index (κ1) is 37.3. The van der Waals surface area contributed by atoms with E-state index in [1.165, 1.54) is 32.3 Å². The highest BCUT2D eigenvalue weighted by atomic mass is 15.2. The van der Waals surface area contributed by atoms with E-state index in [0.29, 0.717) is 17.6 Å². The summed E-state index contributed by atoms with van der Waals surface area (Å²) in [4.78, 5) is 16.2. The van der Waals surface area contributed by atoms with Gasteiger partial charge in [-0.3, -0.25) is 4.57 Å². The molecule has 0 amide bonds. The van der Waals surface area contributed by atoms with Crippen LogP contribution in [-0.4, -0.2) is 28.7 Å². The van der Waals surface area contributed by atoms with Gasteiger partial charge in [0.05, 0.1) is 44.5 Å². The Hall–Kier alpha value is -9.13. The number of para-hydroxylation sites is 4. The molecular weight excluding hydrogens is 817 g/mol. The Kier molecular flexibility index (Phi) is 8.18. The molecule has 0 N–H and O–H groups in total. The minimum atomic E-state index is 0.536. The molecule has 0 aliphatic heterocycles. The van der Waals surface area contributed by atoms with E-state index in [1.54, 1.807) is 0 Å². The van der Waals surface area contributed by atoms with Crippen molar-refractivity contribution in [3.63, 3.8) is 0 Å². The van der Waals surface area contributed by atoms with E-state index in [1.807, 2.05) is 24.3 Å². The van der Waals surface area contributed by atoms with E-state index in [-0.39, 0.29) is 0 Å². The van der Waals surface area contributed by atoms with Gasteiger partial charge in [-0.2, -0.15) is 9.97 Å². The van der Waals surface area contributed by atoms with Gasteiger partial charge in [0.2, 0.25) is 5.95 Å². The smallest absolute Gasteiger partial charge is 0.238 e. The van der Waals surface area contributed by atoms with Crippen molar-refractivity contribution in [1.82, 2.24) is 28.7 Å². The summed E-state index contributed by atoms with van der Waals surface area (Å²) in [6.45, 7) is 0. The Morgan fingerprint density at radius 1 is 0.254 bits per heavy atom. The molecule has 0 saturated carbocycles.